The Morgan fingerprint density at radius 1 is 1.23 bits per heavy atom. The Bertz CT molecular complexity index is 627. The molecule has 1 N–H and O–H groups in total. The molecule has 1 aromatic carbocycles. The van der Waals surface area contributed by atoms with E-state index in [4.69, 9.17) is 0 Å². The number of carbonyl (C=O) groups excluding carboxylic acids is 1. The Labute approximate surface area is 135 Å². The highest BCUT2D eigenvalue weighted by atomic mass is 32.1. The average Bonchev–Trinajstić information content (AvgIpc) is 2.97. The van der Waals surface area contributed by atoms with Crippen molar-refractivity contribution in [3.8, 4) is 11.3 Å². The molecular weight excluding hydrogens is 292 g/mol. The first kappa shape index (κ1) is 15.2. The lowest BCUT2D eigenvalue weighted by Gasteiger charge is -2.20. The van der Waals surface area contributed by atoms with Gasteiger partial charge in [0.15, 0.2) is 5.13 Å². The van der Waals surface area contributed by atoms with Crippen molar-refractivity contribution in [2.75, 3.05) is 5.32 Å². The third-order valence-electron chi connectivity index (χ3n) is 4.30. The van der Waals surface area contributed by atoms with Gasteiger partial charge in [-0.15, -0.1) is 11.3 Å². The quantitative estimate of drug-likeness (QED) is 0.860. The van der Waals surface area contributed by atoms with Gasteiger partial charge in [-0.2, -0.15) is 0 Å². The second-order valence-corrected chi connectivity index (χ2v) is 7.02. The number of hydrogen-bond acceptors (Lipinski definition) is 3. The molecule has 3 rings (SSSR count). The minimum absolute atomic E-state index is 0.108. The van der Waals surface area contributed by atoms with Crippen molar-refractivity contribution in [3.05, 3.63) is 35.2 Å². The Morgan fingerprint density at radius 2 is 1.95 bits per heavy atom. The van der Waals surface area contributed by atoms with Gasteiger partial charge in [0, 0.05) is 17.4 Å². The van der Waals surface area contributed by atoms with Gasteiger partial charge in [-0.25, -0.2) is 4.98 Å². The van der Waals surface area contributed by atoms with Crippen LogP contribution < -0.4 is 5.32 Å². The third kappa shape index (κ3) is 3.95. The van der Waals surface area contributed by atoms with Gasteiger partial charge in [0.05, 0.1) is 5.69 Å². The number of rotatable bonds is 4. The van der Waals surface area contributed by atoms with Crippen molar-refractivity contribution < 1.29 is 4.79 Å². The number of hydrogen-bond donors (Lipinski definition) is 1. The van der Waals surface area contributed by atoms with Crippen molar-refractivity contribution >= 4 is 22.4 Å². The Hall–Kier alpha value is -1.68. The molecule has 3 nitrogen and oxygen atoms in total. The van der Waals surface area contributed by atoms with E-state index in [2.05, 4.69) is 41.5 Å². The molecule has 116 valence electrons. The fourth-order valence-electron chi connectivity index (χ4n) is 3.01. The van der Waals surface area contributed by atoms with Crippen LogP contribution in [-0.4, -0.2) is 10.9 Å². The summed E-state index contributed by atoms with van der Waals surface area (Å²) in [7, 11) is 0. The highest BCUT2D eigenvalue weighted by molar-refractivity contribution is 7.14. The SMILES string of the molecule is Cc1ccc(-c2csc(NC(=O)CC3CCCCC3)n2)cc1. The lowest BCUT2D eigenvalue weighted by Crippen LogP contribution is -2.18. The third-order valence-corrected chi connectivity index (χ3v) is 5.05. The van der Waals surface area contributed by atoms with Gasteiger partial charge in [0.1, 0.15) is 0 Å². The van der Waals surface area contributed by atoms with Crippen molar-refractivity contribution in [2.45, 2.75) is 45.4 Å². The van der Waals surface area contributed by atoms with E-state index in [1.165, 1.54) is 49.0 Å². The zero-order chi connectivity index (χ0) is 15.4. The van der Waals surface area contributed by atoms with Gasteiger partial charge in [-0.3, -0.25) is 4.79 Å². The van der Waals surface area contributed by atoms with Gasteiger partial charge < -0.3 is 5.32 Å². The zero-order valence-corrected chi connectivity index (χ0v) is 13.8. The number of nitrogens with one attached hydrogen (secondary N) is 1. The van der Waals surface area contributed by atoms with Gasteiger partial charge in [-0.05, 0) is 25.7 Å². The van der Waals surface area contributed by atoms with Gasteiger partial charge in [0.25, 0.3) is 0 Å². The molecule has 22 heavy (non-hydrogen) atoms. The van der Waals surface area contributed by atoms with Crippen LogP contribution in [0.1, 0.15) is 44.1 Å². The highest BCUT2D eigenvalue weighted by Crippen LogP contribution is 2.28. The van der Waals surface area contributed by atoms with E-state index in [9.17, 15) is 4.79 Å². The molecule has 0 unspecified atom stereocenters. The lowest BCUT2D eigenvalue weighted by molar-refractivity contribution is -0.117. The van der Waals surface area contributed by atoms with E-state index >= 15 is 0 Å². The molecule has 0 spiro atoms. The summed E-state index contributed by atoms with van der Waals surface area (Å²) in [4.78, 5) is 16.7. The summed E-state index contributed by atoms with van der Waals surface area (Å²) < 4.78 is 0. The fraction of sp³-hybridized carbons (Fsp3) is 0.444. The number of benzene rings is 1. The molecule has 0 saturated heterocycles. The first-order chi connectivity index (χ1) is 10.7. The number of nitrogens with zero attached hydrogens (tertiary/aromatic N) is 1. The summed E-state index contributed by atoms with van der Waals surface area (Å²) in [5.41, 5.74) is 3.26. The molecule has 4 heteroatoms. The minimum Gasteiger partial charge on any atom is -0.302 e. The number of amides is 1. The maximum atomic E-state index is 12.1. The van der Waals surface area contributed by atoms with E-state index in [-0.39, 0.29) is 5.91 Å². The largest absolute Gasteiger partial charge is 0.302 e. The van der Waals surface area contributed by atoms with Crippen LogP contribution in [-0.2, 0) is 4.79 Å². The van der Waals surface area contributed by atoms with E-state index in [0.717, 1.165) is 11.3 Å². The standard InChI is InChI=1S/C18H22N2OS/c1-13-7-9-15(10-8-13)16-12-22-18(19-16)20-17(21)11-14-5-3-2-4-6-14/h7-10,12,14H,2-6,11H2,1H3,(H,19,20,21). The lowest BCUT2D eigenvalue weighted by atomic mass is 9.87. The van der Waals surface area contributed by atoms with E-state index in [1.54, 1.807) is 0 Å². The summed E-state index contributed by atoms with van der Waals surface area (Å²) in [6.45, 7) is 2.07. The van der Waals surface area contributed by atoms with Crippen LogP contribution in [0.4, 0.5) is 5.13 Å². The Balaban J connectivity index is 1.59. The second-order valence-electron chi connectivity index (χ2n) is 6.16. The van der Waals surface area contributed by atoms with E-state index in [0.29, 0.717) is 17.5 Å². The summed E-state index contributed by atoms with van der Waals surface area (Å²) in [6.07, 6.45) is 6.89. The van der Waals surface area contributed by atoms with Crippen LogP contribution in [0.2, 0.25) is 0 Å². The molecule has 0 radical (unpaired) electrons. The van der Waals surface area contributed by atoms with Gasteiger partial charge in [0.2, 0.25) is 5.91 Å². The molecule has 2 aromatic rings. The summed E-state index contributed by atoms with van der Waals surface area (Å²) in [5.74, 6) is 0.669. The minimum atomic E-state index is 0.108. The number of anilines is 1. The van der Waals surface area contributed by atoms with Gasteiger partial charge >= 0.3 is 0 Å². The van der Waals surface area contributed by atoms with Crippen molar-refractivity contribution in [1.29, 1.82) is 0 Å². The molecule has 1 heterocycles. The normalized spacial score (nSPS) is 15.7. The van der Waals surface area contributed by atoms with Crippen LogP contribution in [0.3, 0.4) is 0 Å². The monoisotopic (exact) mass is 314 g/mol. The molecular formula is C18H22N2OS. The molecule has 1 aliphatic rings. The van der Waals surface area contributed by atoms with Gasteiger partial charge in [-0.1, -0.05) is 49.1 Å². The van der Waals surface area contributed by atoms with E-state index in [1.807, 2.05) is 5.38 Å². The Kier molecular flexibility index (Phi) is 4.88. The summed E-state index contributed by atoms with van der Waals surface area (Å²) in [6, 6.07) is 8.29. The summed E-state index contributed by atoms with van der Waals surface area (Å²) >= 11 is 1.50. The smallest absolute Gasteiger partial charge is 0.226 e. The predicted molar refractivity (Wildman–Crippen MR) is 92.1 cm³/mol. The molecule has 0 bridgehead atoms. The molecule has 1 amide bonds. The van der Waals surface area contributed by atoms with Crippen LogP contribution in [0.5, 0.6) is 0 Å². The molecule has 1 fully saturated rings. The second kappa shape index (κ2) is 7.05. The van der Waals surface area contributed by atoms with Crippen LogP contribution >= 0.6 is 11.3 Å². The molecule has 0 aliphatic heterocycles. The average molecular weight is 314 g/mol. The van der Waals surface area contributed by atoms with E-state index < -0.39 is 0 Å². The molecule has 1 aliphatic carbocycles. The van der Waals surface area contributed by atoms with Crippen molar-refractivity contribution in [1.82, 2.24) is 4.98 Å². The van der Waals surface area contributed by atoms with Crippen LogP contribution in [0, 0.1) is 12.8 Å². The number of carbonyl (C=O) groups is 1. The number of aromatic nitrogens is 1. The summed E-state index contributed by atoms with van der Waals surface area (Å²) in [5, 5.41) is 5.67. The Morgan fingerprint density at radius 3 is 2.68 bits per heavy atom. The highest BCUT2D eigenvalue weighted by Gasteiger charge is 2.17. The zero-order valence-electron chi connectivity index (χ0n) is 13.0. The first-order valence-corrected chi connectivity index (χ1v) is 8.91. The maximum Gasteiger partial charge on any atom is 0.226 e. The van der Waals surface area contributed by atoms with Crippen molar-refractivity contribution in [2.24, 2.45) is 5.92 Å². The van der Waals surface area contributed by atoms with Crippen LogP contribution in [0.25, 0.3) is 11.3 Å². The molecule has 1 saturated carbocycles. The fourth-order valence-corrected chi connectivity index (χ4v) is 3.75. The van der Waals surface area contributed by atoms with Crippen molar-refractivity contribution in [3.63, 3.8) is 0 Å². The number of thiazole rings is 1. The predicted octanol–water partition coefficient (Wildman–Crippen LogP) is 5.03. The topological polar surface area (TPSA) is 42.0 Å². The maximum absolute atomic E-state index is 12.1. The number of aryl methyl sites for hydroxylation is 1. The first-order valence-electron chi connectivity index (χ1n) is 8.03. The van der Waals surface area contributed by atoms with Crippen LogP contribution in [0.15, 0.2) is 29.6 Å². The molecule has 1 aromatic heterocycles. The molecule has 0 atom stereocenters.